The standard InChI is InChI=1S/C18H18N2O4S/c1-24-17(22)10-14(15-7-4-8-25-15)20-18(23)12-9-16(21)19-13-6-3-2-5-11(12)13/h2-8,12,14H,9-10H2,1H3,(H,19,21)(H,20,23). The number of hydrogen-bond donors (Lipinski definition) is 2. The van der Waals surface area contributed by atoms with Crippen LogP contribution in [0.25, 0.3) is 0 Å². The van der Waals surface area contributed by atoms with Crippen LogP contribution in [0.1, 0.15) is 35.2 Å². The predicted molar refractivity (Wildman–Crippen MR) is 94.3 cm³/mol. The number of ether oxygens (including phenoxy) is 1. The summed E-state index contributed by atoms with van der Waals surface area (Å²) in [6.45, 7) is 0. The van der Waals surface area contributed by atoms with Crippen LogP contribution in [0, 0.1) is 0 Å². The number of thiophene rings is 1. The summed E-state index contributed by atoms with van der Waals surface area (Å²) >= 11 is 1.46. The number of anilines is 1. The SMILES string of the molecule is COC(=O)CC(NC(=O)C1CC(=O)Nc2ccccc21)c1cccs1. The Morgan fingerprint density at radius 3 is 2.84 bits per heavy atom. The van der Waals surface area contributed by atoms with Crippen LogP contribution < -0.4 is 10.6 Å². The molecule has 0 saturated carbocycles. The average Bonchev–Trinajstić information content (AvgIpc) is 3.14. The van der Waals surface area contributed by atoms with E-state index in [9.17, 15) is 14.4 Å². The maximum absolute atomic E-state index is 12.8. The van der Waals surface area contributed by atoms with Crippen molar-refractivity contribution < 1.29 is 19.1 Å². The maximum atomic E-state index is 12.8. The lowest BCUT2D eigenvalue weighted by molar-refractivity contribution is -0.141. The molecule has 25 heavy (non-hydrogen) atoms. The smallest absolute Gasteiger partial charge is 0.307 e. The van der Waals surface area contributed by atoms with Crippen LogP contribution in [0.4, 0.5) is 5.69 Å². The van der Waals surface area contributed by atoms with Gasteiger partial charge in [0.15, 0.2) is 0 Å². The third kappa shape index (κ3) is 3.88. The molecule has 2 amide bonds. The van der Waals surface area contributed by atoms with Crippen molar-refractivity contribution in [2.24, 2.45) is 0 Å². The van der Waals surface area contributed by atoms with Crippen molar-refractivity contribution in [1.82, 2.24) is 5.32 Å². The van der Waals surface area contributed by atoms with Gasteiger partial charge in [0.05, 0.1) is 25.5 Å². The number of nitrogens with one attached hydrogen (secondary N) is 2. The van der Waals surface area contributed by atoms with Crippen molar-refractivity contribution in [3.8, 4) is 0 Å². The van der Waals surface area contributed by atoms with Crippen LogP contribution in [-0.4, -0.2) is 24.9 Å². The monoisotopic (exact) mass is 358 g/mol. The van der Waals surface area contributed by atoms with Crippen molar-refractivity contribution in [1.29, 1.82) is 0 Å². The topological polar surface area (TPSA) is 84.5 Å². The van der Waals surface area contributed by atoms with Crippen molar-refractivity contribution in [2.45, 2.75) is 24.8 Å². The maximum Gasteiger partial charge on any atom is 0.307 e. The molecule has 0 aliphatic carbocycles. The molecule has 1 aromatic heterocycles. The van der Waals surface area contributed by atoms with Gasteiger partial charge in [0.1, 0.15) is 0 Å². The molecule has 1 aliphatic heterocycles. The van der Waals surface area contributed by atoms with E-state index in [1.165, 1.54) is 18.4 Å². The molecule has 0 radical (unpaired) electrons. The van der Waals surface area contributed by atoms with Crippen LogP contribution in [0.3, 0.4) is 0 Å². The van der Waals surface area contributed by atoms with Gasteiger partial charge in [0, 0.05) is 17.0 Å². The first-order valence-corrected chi connectivity index (χ1v) is 8.76. The van der Waals surface area contributed by atoms with Crippen LogP contribution in [0.2, 0.25) is 0 Å². The van der Waals surface area contributed by atoms with E-state index in [2.05, 4.69) is 10.6 Å². The van der Waals surface area contributed by atoms with Crippen molar-refractivity contribution in [3.63, 3.8) is 0 Å². The van der Waals surface area contributed by atoms with Crippen LogP contribution in [0.15, 0.2) is 41.8 Å². The minimum atomic E-state index is -0.579. The van der Waals surface area contributed by atoms with E-state index >= 15 is 0 Å². The van der Waals surface area contributed by atoms with Gasteiger partial charge in [0.25, 0.3) is 0 Å². The number of esters is 1. The quantitative estimate of drug-likeness (QED) is 0.805. The highest BCUT2D eigenvalue weighted by Gasteiger charge is 2.32. The zero-order valence-electron chi connectivity index (χ0n) is 13.7. The zero-order chi connectivity index (χ0) is 17.8. The molecular weight excluding hydrogens is 340 g/mol. The summed E-state index contributed by atoms with van der Waals surface area (Å²) in [6.07, 6.45) is 0.127. The summed E-state index contributed by atoms with van der Waals surface area (Å²) in [5.41, 5.74) is 1.43. The molecule has 2 unspecified atom stereocenters. The first-order chi connectivity index (χ1) is 12.1. The van der Waals surface area contributed by atoms with E-state index in [4.69, 9.17) is 4.74 Å². The number of fused-ring (bicyclic) bond motifs is 1. The molecule has 6 nitrogen and oxygen atoms in total. The molecule has 130 valence electrons. The van der Waals surface area contributed by atoms with E-state index in [1.807, 2.05) is 35.7 Å². The number of carbonyl (C=O) groups excluding carboxylic acids is 3. The Balaban J connectivity index is 1.82. The molecule has 2 heterocycles. The number of carbonyl (C=O) groups is 3. The Labute approximate surface area is 149 Å². The first-order valence-electron chi connectivity index (χ1n) is 7.88. The minimum Gasteiger partial charge on any atom is -0.469 e. The van der Waals surface area contributed by atoms with Gasteiger partial charge in [-0.25, -0.2) is 0 Å². The molecule has 0 spiro atoms. The highest BCUT2D eigenvalue weighted by Crippen LogP contribution is 2.33. The van der Waals surface area contributed by atoms with Crippen molar-refractivity contribution in [3.05, 3.63) is 52.2 Å². The fraction of sp³-hybridized carbons (Fsp3) is 0.278. The molecule has 2 aromatic rings. The number of rotatable bonds is 5. The number of benzene rings is 1. The molecule has 2 atom stereocenters. The molecule has 0 saturated heterocycles. The molecule has 3 rings (SSSR count). The Morgan fingerprint density at radius 1 is 1.32 bits per heavy atom. The van der Waals surface area contributed by atoms with E-state index in [-0.39, 0.29) is 24.7 Å². The summed E-state index contributed by atoms with van der Waals surface area (Å²) in [5, 5.41) is 7.57. The molecule has 1 aliphatic rings. The number of amides is 2. The predicted octanol–water partition coefficient (Wildman–Crippen LogP) is 2.59. The Morgan fingerprint density at radius 2 is 2.12 bits per heavy atom. The van der Waals surface area contributed by atoms with E-state index in [0.717, 1.165) is 10.4 Å². The highest BCUT2D eigenvalue weighted by atomic mass is 32.1. The lowest BCUT2D eigenvalue weighted by Crippen LogP contribution is -2.37. The fourth-order valence-electron chi connectivity index (χ4n) is 2.88. The van der Waals surface area contributed by atoms with Crippen molar-refractivity contribution in [2.75, 3.05) is 12.4 Å². The van der Waals surface area contributed by atoms with Gasteiger partial charge in [-0.2, -0.15) is 0 Å². The normalized spacial score (nSPS) is 17.2. The Bertz CT molecular complexity index is 788. The van der Waals surface area contributed by atoms with Gasteiger partial charge in [0.2, 0.25) is 11.8 Å². The largest absolute Gasteiger partial charge is 0.469 e. The van der Waals surface area contributed by atoms with Gasteiger partial charge in [-0.3, -0.25) is 14.4 Å². The molecule has 0 fully saturated rings. The zero-order valence-corrected chi connectivity index (χ0v) is 14.5. The van der Waals surface area contributed by atoms with Gasteiger partial charge in [-0.15, -0.1) is 11.3 Å². The van der Waals surface area contributed by atoms with E-state index in [0.29, 0.717) is 5.69 Å². The summed E-state index contributed by atoms with van der Waals surface area (Å²) in [4.78, 5) is 37.3. The molecule has 1 aromatic carbocycles. The van der Waals surface area contributed by atoms with Gasteiger partial charge >= 0.3 is 5.97 Å². The summed E-state index contributed by atoms with van der Waals surface area (Å²) < 4.78 is 4.73. The number of methoxy groups -OCH3 is 1. The first kappa shape index (κ1) is 17.2. The molecule has 0 bridgehead atoms. The lowest BCUT2D eigenvalue weighted by atomic mass is 9.89. The molecule has 2 N–H and O–H groups in total. The fourth-order valence-corrected chi connectivity index (χ4v) is 3.66. The van der Waals surface area contributed by atoms with E-state index < -0.39 is 17.9 Å². The second kappa shape index (κ2) is 7.48. The lowest BCUT2D eigenvalue weighted by Gasteiger charge is -2.26. The van der Waals surface area contributed by atoms with Crippen LogP contribution in [0.5, 0.6) is 0 Å². The minimum absolute atomic E-state index is 0.0450. The van der Waals surface area contributed by atoms with Gasteiger partial charge < -0.3 is 15.4 Å². The van der Waals surface area contributed by atoms with Crippen LogP contribution in [-0.2, 0) is 19.1 Å². The highest BCUT2D eigenvalue weighted by molar-refractivity contribution is 7.10. The van der Waals surface area contributed by atoms with E-state index in [1.54, 1.807) is 6.07 Å². The van der Waals surface area contributed by atoms with Crippen LogP contribution >= 0.6 is 11.3 Å². The average molecular weight is 358 g/mol. The third-order valence-corrected chi connectivity index (χ3v) is 5.10. The second-order valence-electron chi connectivity index (χ2n) is 5.75. The van der Waals surface area contributed by atoms with Crippen molar-refractivity contribution >= 4 is 34.8 Å². The number of para-hydroxylation sites is 1. The van der Waals surface area contributed by atoms with Gasteiger partial charge in [-0.05, 0) is 23.1 Å². The Hall–Kier alpha value is -2.67. The van der Waals surface area contributed by atoms with Gasteiger partial charge in [-0.1, -0.05) is 24.3 Å². The Kier molecular flexibility index (Phi) is 5.14. The summed E-state index contributed by atoms with van der Waals surface area (Å²) in [7, 11) is 1.32. The number of hydrogen-bond acceptors (Lipinski definition) is 5. The summed E-state index contributed by atoms with van der Waals surface area (Å²) in [5.74, 6) is -1.45. The third-order valence-electron chi connectivity index (χ3n) is 4.12. The summed E-state index contributed by atoms with van der Waals surface area (Å²) in [6, 6.07) is 10.5. The molecular formula is C18H18N2O4S. The second-order valence-corrected chi connectivity index (χ2v) is 6.73. The molecule has 7 heteroatoms.